The number of pyridine rings is 1. The molecule has 1 N–H and O–H groups in total. The molecular formula is C12H11BrN2O3. The molecule has 0 saturated carbocycles. The summed E-state index contributed by atoms with van der Waals surface area (Å²) in [5.74, 6) is -0.579. The first-order chi connectivity index (χ1) is 8.58. The molecule has 0 fully saturated rings. The fraction of sp³-hybridized carbons (Fsp3) is 0.167. The zero-order valence-corrected chi connectivity index (χ0v) is 11.2. The Balaban J connectivity index is 2.29. The summed E-state index contributed by atoms with van der Waals surface area (Å²) in [6.07, 6.45) is 4.78. The van der Waals surface area contributed by atoms with E-state index < -0.39 is 5.97 Å². The highest BCUT2D eigenvalue weighted by Gasteiger charge is 2.16. The smallest absolute Gasteiger partial charge is 0.339 e. The van der Waals surface area contributed by atoms with Crippen LogP contribution in [0.25, 0.3) is 0 Å². The number of carboxylic acid groups (broad SMARTS) is 1. The van der Waals surface area contributed by atoms with Gasteiger partial charge in [0, 0.05) is 29.8 Å². The number of rotatable bonds is 4. The van der Waals surface area contributed by atoms with Gasteiger partial charge in [-0.2, -0.15) is 0 Å². The fourth-order valence-electron chi connectivity index (χ4n) is 1.62. The Morgan fingerprint density at radius 3 is 3.00 bits per heavy atom. The van der Waals surface area contributed by atoms with Gasteiger partial charge in [0.2, 0.25) is 0 Å². The number of aromatic nitrogens is 1. The van der Waals surface area contributed by atoms with Crippen molar-refractivity contribution in [2.75, 3.05) is 11.9 Å². The molecule has 0 atom stereocenters. The van der Waals surface area contributed by atoms with Gasteiger partial charge in [0.15, 0.2) is 0 Å². The van der Waals surface area contributed by atoms with Crippen LogP contribution >= 0.6 is 15.9 Å². The van der Waals surface area contributed by atoms with Crippen molar-refractivity contribution < 1.29 is 14.3 Å². The fourth-order valence-corrected chi connectivity index (χ4v) is 1.96. The van der Waals surface area contributed by atoms with Crippen LogP contribution < -0.4 is 4.90 Å². The third kappa shape index (κ3) is 2.70. The van der Waals surface area contributed by atoms with E-state index in [1.165, 1.54) is 6.07 Å². The summed E-state index contributed by atoms with van der Waals surface area (Å²) in [5, 5.41) is 9.16. The quantitative estimate of drug-likeness (QED) is 0.940. The Bertz CT molecular complexity index is 554. The van der Waals surface area contributed by atoms with Crippen LogP contribution in [0.1, 0.15) is 15.9 Å². The molecule has 0 amide bonds. The van der Waals surface area contributed by atoms with Gasteiger partial charge in [-0.15, -0.1) is 0 Å². The van der Waals surface area contributed by atoms with Gasteiger partial charge in [0.05, 0.1) is 12.5 Å². The highest BCUT2D eigenvalue weighted by molar-refractivity contribution is 9.10. The number of nitrogens with zero attached hydrogens (tertiary/aromatic N) is 2. The molecular weight excluding hydrogens is 300 g/mol. The highest BCUT2D eigenvalue weighted by atomic mass is 79.9. The molecule has 2 rings (SSSR count). The Morgan fingerprint density at radius 1 is 1.61 bits per heavy atom. The maximum absolute atomic E-state index is 11.2. The third-order valence-corrected chi connectivity index (χ3v) is 2.86. The Hall–Kier alpha value is -1.82. The van der Waals surface area contributed by atoms with E-state index in [0.29, 0.717) is 16.8 Å². The van der Waals surface area contributed by atoms with Crippen LogP contribution in [0.5, 0.6) is 0 Å². The second-order valence-corrected chi connectivity index (χ2v) is 4.73. The van der Waals surface area contributed by atoms with Gasteiger partial charge in [0.1, 0.15) is 11.4 Å². The summed E-state index contributed by atoms with van der Waals surface area (Å²) in [6.45, 7) is 0.533. The molecule has 2 aromatic heterocycles. The van der Waals surface area contributed by atoms with Gasteiger partial charge in [-0.3, -0.25) is 0 Å². The molecule has 2 aromatic rings. The van der Waals surface area contributed by atoms with Crippen molar-refractivity contribution in [3.63, 3.8) is 0 Å². The zero-order valence-electron chi connectivity index (χ0n) is 9.63. The topological polar surface area (TPSA) is 66.6 Å². The second kappa shape index (κ2) is 5.22. The molecule has 94 valence electrons. The molecule has 0 spiro atoms. The predicted octanol–water partition coefficient (Wildman–Crippen LogP) is 2.77. The summed E-state index contributed by atoms with van der Waals surface area (Å²) < 4.78 is 5.62. The van der Waals surface area contributed by atoms with E-state index in [0.717, 1.165) is 5.56 Å². The van der Waals surface area contributed by atoms with Gasteiger partial charge in [-0.25, -0.2) is 9.78 Å². The number of carboxylic acids is 1. The van der Waals surface area contributed by atoms with E-state index in [4.69, 9.17) is 9.52 Å². The van der Waals surface area contributed by atoms with Crippen molar-refractivity contribution in [1.29, 1.82) is 0 Å². The van der Waals surface area contributed by atoms with Crippen LogP contribution in [0, 0.1) is 0 Å². The molecule has 0 unspecified atom stereocenters. The monoisotopic (exact) mass is 310 g/mol. The normalized spacial score (nSPS) is 10.3. The van der Waals surface area contributed by atoms with Crippen LogP contribution in [0.2, 0.25) is 0 Å². The molecule has 18 heavy (non-hydrogen) atoms. The summed E-state index contributed by atoms with van der Waals surface area (Å²) in [6, 6.07) is 3.37. The maximum atomic E-state index is 11.2. The van der Waals surface area contributed by atoms with Gasteiger partial charge < -0.3 is 14.4 Å². The van der Waals surface area contributed by atoms with Crippen LogP contribution in [-0.4, -0.2) is 23.1 Å². The molecule has 0 bridgehead atoms. The third-order valence-electron chi connectivity index (χ3n) is 2.43. The van der Waals surface area contributed by atoms with Crippen molar-refractivity contribution >= 4 is 27.7 Å². The van der Waals surface area contributed by atoms with E-state index in [2.05, 4.69) is 20.9 Å². The Morgan fingerprint density at radius 2 is 2.39 bits per heavy atom. The first-order valence-corrected chi connectivity index (χ1v) is 5.98. The van der Waals surface area contributed by atoms with Gasteiger partial charge in [-0.05, 0) is 28.1 Å². The zero-order chi connectivity index (χ0) is 13.1. The lowest BCUT2D eigenvalue weighted by Gasteiger charge is -2.19. The number of carbonyl (C=O) groups is 1. The standard InChI is InChI=1S/C12H11BrN2O3/c1-15(6-8-2-3-18-7-8)11-10(12(16)17)4-9(13)5-14-11/h2-5,7H,6H2,1H3,(H,16,17). The highest BCUT2D eigenvalue weighted by Crippen LogP contribution is 2.22. The number of halogens is 1. The largest absolute Gasteiger partial charge is 0.478 e. The number of anilines is 1. The maximum Gasteiger partial charge on any atom is 0.339 e. The molecule has 6 heteroatoms. The molecule has 0 aliphatic rings. The van der Waals surface area contributed by atoms with Gasteiger partial charge >= 0.3 is 5.97 Å². The summed E-state index contributed by atoms with van der Waals surface area (Å²) in [5.41, 5.74) is 1.12. The van der Waals surface area contributed by atoms with Crippen LogP contribution in [0.3, 0.4) is 0 Å². The van der Waals surface area contributed by atoms with Gasteiger partial charge in [-0.1, -0.05) is 0 Å². The van der Waals surface area contributed by atoms with Crippen molar-refractivity contribution in [2.24, 2.45) is 0 Å². The molecule has 0 saturated heterocycles. The first kappa shape index (κ1) is 12.6. The van der Waals surface area contributed by atoms with E-state index in [1.807, 2.05) is 6.07 Å². The van der Waals surface area contributed by atoms with Crippen LogP contribution in [0.4, 0.5) is 5.82 Å². The summed E-state index contributed by atoms with van der Waals surface area (Å²) in [7, 11) is 1.79. The van der Waals surface area contributed by atoms with E-state index in [1.54, 1.807) is 30.7 Å². The first-order valence-electron chi connectivity index (χ1n) is 5.19. The molecule has 0 aliphatic carbocycles. The average molecular weight is 311 g/mol. The lowest BCUT2D eigenvalue weighted by atomic mass is 10.2. The number of hydrogen-bond donors (Lipinski definition) is 1. The molecule has 0 aliphatic heterocycles. The van der Waals surface area contributed by atoms with Crippen LogP contribution in [0.15, 0.2) is 39.7 Å². The van der Waals surface area contributed by atoms with Crippen molar-refractivity contribution in [1.82, 2.24) is 4.98 Å². The number of aromatic carboxylic acids is 1. The summed E-state index contributed by atoms with van der Waals surface area (Å²) >= 11 is 3.22. The Labute approximate surface area is 112 Å². The van der Waals surface area contributed by atoms with Crippen molar-refractivity contribution in [3.05, 3.63) is 46.5 Å². The summed E-state index contributed by atoms with van der Waals surface area (Å²) in [4.78, 5) is 17.1. The lowest BCUT2D eigenvalue weighted by molar-refractivity contribution is 0.0697. The van der Waals surface area contributed by atoms with E-state index >= 15 is 0 Å². The number of hydrogen-bond acceptors (Lipinski definition) is 4. The molecule has 5 nitrogen and oxygen atoms in total. The average Bonchev–Trinajstić information content (AvgIpc) is 2.81. The predicted molar refractivity (Wildman–Crippen MR) is 69.7 cm³/mol. The minimum atomic E-state index is -1.00. The van der Waals surface area contributed by atoms with E-state index in [-0.39, 0.29) is 5.56 Å². The number of furan rings is 1. The molecule has 0 aromatic carbocycles. The second-order valence-electron chi connectivity index (χ2n) is 3.82. The minimum Gasteiger partial charge on any atom is -0.478 e. The SMILES string of the molecule is CN(Cc1ccoc1)c1ncc(Br)cc1C(=O)O. The van der Waals surface area contributed by atoms with Crippen molar-refractivity contribution in [3.8, 4) is 0 Å². The molecule has 0 radical (unpaired) electrons. The molecule has 2 heterocycles. The van der Waals surface area contributed by atoms with Gasteiger partial charge in [0.25, 0.3) is 0 Å². The van der Waals surface area contributed by atoms with Crippen LogP contribution in [-0.2, 0) is 6.54 Å². The van der Waals surface area contributed by atoms with E-state index in [9.17, 15) is 4.79 Å². The van der Waals surface area contributed by atoms with Crippen molar-refractivity contribution in [2.45, 2.75) is 6.54 Å². The Kier molecular flexibility index (Phi) is 3.66. The lowest BCUT2D eigenvalue weighted by Crippen LogP contribution is -2.20. The minimum absolute atomic E-state index is 0.162.